The fraction of sp³-hybridized carbons (Fsp3) is 0.368. The molecule has 15 heteroatoms. The van der Waals surface area contributed by atoms with Crippen molar-refractivity contribution < 1.29 is 52.4 Å². The average Bonchev–Trinajstić information content (AvgIpc) is 2.70. The zero-order valence-corrected chi connectivity index (χ0v) is 17.2. The minimum atomic E-state index is -4.88. The number of halogens is 3. The quantitative estimate of drug-likeness (QED) is 0.254. The van der Waals surface area contributed by atoms with Crippen molar-refractivity contribution in [2.75, 3.05) is 5.32 Å². The second-order valence-corrected chi connectivity index (χ2v) is 7.18. The molecule has 0 spiro atoms. The van der Waals surface area contributed by atoms with E-state index in [0.717, 1.165) is 30.3 Å². The molecule has 0 saturated heterocycles. The zero-order chi connectivity index (χ0) is 25.6. The molecule has 1 aliphatic rings. The topological polar surface area (TPSA) is 200 Å². The van der Waals surface area contributed by atoms with E-state index in [1.807, 2.05) is 0 Å². The molecule has 1 aliphatic carbocycles. The van der Waals surface area contributed by atoms with Crippen LogP contribution in [0.15, 0.2) is 35.9 Å². The average molecular weight is 490 g/mol. The molecule has 12 nitrogen and oxygen atoms in total. The Hall–Kier alpha value is -3.85. The smallest absolute Gasteiger partial charge is 0.481 e. The van der Waals surface area contributed by atoms with Gasteiger partial charge in [-0.3, -0.25) is 14.4 Å². The Morgan fingerprint density at radius 2 is 1.76 bits per heavy atom. The fourth-order valence-corrected chi connectivity index (χ4v) is 2.97. The number of hydrogen-bond acceptors (Lipinski definition) is 7. The molecular formula is C19H21F3N4O8. The van der Waals surface area contributed by atoms with Crippen molar-refractivity contribution in [2.45, 2.75) is 43.5 Å². The lowest BCUT2D eigenvalue weighted by molar-refractivity contribution is -0.274. The molecule has 0 saturated carbocycles. The molecule has 4 atom stereocenters. The predicted molar refractivity (Wildman–Crippen MR) is 107 cm³/mol. The van der Waals surface area contributed by atoms with E-state index >= 15 is 0 Å². The van der Waals surface area contributed by atoms with E-state index in [-0.39, 0.29) is 17.7 Å². The van der Waals surface area contributed by atoms with E-state index in [0.29, 0.717) is 0 Å². The summed E-state index contributed by atoms with van der Waals surface area (Å²) in [5.74, 6) is -3.96. The number of ether oxygens (including phenoxy) is 1. The van der Waals surface area contributed by atoms with Crippen LogP contribution in [0.5, 0.6) is 5.75 Å². The van der Waals surface area contributed by atoms with Crippen LogP contribution >= 0.6 is 0 Å². The lowest BCUT2D eigenvalue weighted by Gasteiger charge is -2.31. The van der Waals surface area contributed by atoms with Crippen LogP contribution in [-0.2, 0) is 14.4 Å². The van der Waals surface area contributed by atoms with E-state index in [9.17, 15) is 42.6 Å². The number of anilines is 1. The number of benzene rings is 1. The van der Waals surface area contributed by atoms with E-state index in [2.05, 4.69) is 20.7 Å². The number of aliphatic hydroxyl groups excluding tert-OH is 2. The van der Waals surface area contributed by atoms with Gasteiger partial charge < -0.3 is 41.7 Å². The van der Waals surface area contributed by atoms with Gasteiger partial charge in [-0.1, -0.05) is 6.08 Å². The number of alkyl halides is 3. The molecule has 4 amide bonds. The number of aliphatic carboxylic acids is 1. The summed E-state index contributed by atoms with van der Waals surface area (Å²) in [6.45, 7) is 0. The zero-order valence-electron chi connectivity index (χ0n) is 17.2. The maximum atomic E-state index is 12.4. The first-order valence-electron chi connectivity index (χ1n) is 9.57. The van der Waals surface area contributed by atoms with Crippen LogP contribution < -0.4 is 26.4 Å². The van der Waals surface area contributed by atoms with Crippen LogP contribution in [0, 0.1) is 0 Å². The standard InChI is InChI=1S/C19H21F3N4O8/c20-19(21,22)34-10-3-1-9(2-4-10)24-18(33)26-11-5-8(6-13(27)15(11)30)17(32)25-12(16(23)31)7-14(28)29/h1-5,11-13,15,27,30H,6-7H2,(H2,23,31)(H,25,32)(H,28,29)(H2,24,26,33). The van der Waals surface area contributed by atoms with Crippen molar-refractivity contribution in [2.24, 2.45) is 5.73 Å². The highest BCUT2D eigenvalue weighted by Crippen LogP contribution is 2.24. The molecule has 0 aromatic heterocycles. The summed E-state index contributed by atoms with van der Waals surface area (Å²) in [7, 11) is 0. The van der Waals surface area contributed by atoms with Crippen LogP contribution in [0.25, 0.3) is 0 Å². The summed E-state index contributed by atoms with van der Waals surface area (Å²) < 4.78 is 40.3. The Bertz CT molecular complexity index is 967. The van der Waals surface area contributed by atoms with E-state index < -0.39 is 66.6 Å². The third kappa shape index (κ3) is 7.93. The number of nitrogens with two attached hydrogens (primary N) is 1. The summed E-state index contributed by atoms with van der Waals surface area (Å²) in [6.07, 6.45) is -7.96. The summed E-state index contributed by atoms with van der Waals surface area (Å²) >= 11 is 0. The second-order valence-electron chi connectivity index (χ2n) is 7.18. The number of urea groups is 1. The summed E-state index contributed by atoms with van der Waals surface area (Å²) in [6, 6.07) is 0.396. The highest BCUT2D eigenvalue weighted by Gasteiger charge is 2.35. The lowest BCUT2D eigenvalue weighted by atomic mass is 9.90. The molecule has 1 aromatic carbocycles. The van der Waals surface area contributed by atoms with E-state index in [1.165, 1.54) is 0 Å². The van der Waals surface area contributed by atoms with Crippen molar-refractivity contribution in [3.63, 3.8) is 0 Å². The van der Waals surface area contributed by atoms with Crippen molar-refractivity contribution >= 4 is 29.5 Å². The summed E-state index contributed by atoms with van der Waals surface area (Å²) in [5.41, 5.74) is 4.97. The molecule has 2 rings (SSSR count). The van der Waals surface area contributed by atoms with Gasteiger partial charge in [-0.2, -0.15) is 0 Å². The Morgan fingerprint density at radius 3 is 2.29 bits per heavy atom. The van der Waals surface area contributed by atoms with Crippen LogP contribution in [0.2, 0.25) is 0 Å². The van der Waals surface area contributed by atoms with Gasteiger partial charge in [0.1, 0.15) is 17.9 Å². The van der Waals surface area contributed by atoms with Gasteiger partial charge in [0.25, 0.3) is 0 Å². The van der Waals surface area contributed by atoms with Crippen molar-refractivity contribution in [3.05, 3.63) is 35.9 Å². The molecule has 0 fully saturated rings. The van der Waals surface area contributed by atoms with Gasteiger partial charge in [-0.05, 0) is 24.3 Å². The molecule has 0 radical (unpaired) electrons. The normalized spacial score (nSPS) is 21.0. The molecule has 0 heterocycles. The van der Waals surface area contributed by atoms with E-state index in [4.69, 9.17) is 10.8 Å². The highest BCUT2D eigenvalue weighted by atomic mass is 19.4. The van der Waals surface area contributed by atoms with Gasteiger partial charge in [0.15, 0.2) is 0 Å². The number of amides is 4. The Balaban J connectivity index is 2.06. The third-order valence-corrected chi connectivity index (χ3v) is 4.53. The number of carboxylic acids is 1. The number of carbonyl (C=O) groups is 4. The maximum absolute atomic E-state index is 12.4. The molecule has 0 aliphatic heterocycles. The number of carbonyl (C=O) groups excluding carboxylic acids is 3. The van der Waals surface area contributed by atoms with Gasteiger partial charge >= 0.3 is 18.4 Å². The number of nitrogens with one attached hydrogen (secondary N) is 3. The van der Waals surface area contributed by atoms with Crippen LogP contribution in [0.4, 0.5) is 23.7 Å². The Morgan fingerprint density at radius 1 is 1.15 bits per heavy atom. The van der Waals surface area contributed by atoms with Gasteiger partial charge in [-0.25, -0.2) is 4.79 Å². The molecule has 1 aromatic rings. The first-order chi connectivity index (χ1) is 15.7. The summed E-state index contributed by atoms with van der Waals surface area (Å²) in [5, 5.41) is 35.7. The van der Waals surface area contributed by atoms with Crippen molar-refractivity contribution in [3.8, 4) is 5.75 Å². The largest absolute Gasteiger partial charge is 0.573 e. The minimum absolute atomic E-state index is 0.0674. The first-order valence-corrected chi connectivity index (χ1v) is 9.57. The van der Waals surface area contributed by atoms with Crippen molar-refractivity contribution in [1.82, 2.24) is 10.6 Å². The molecular weight excluding hydrogens is 469 g/mol. The monoisotopic (exact) mass is 490 g/mol. The van der Waals surface area contributed by atoms with Gasteiger partial charge in [-0.15, -0.1) is 13.2 Å². The molecule has 34 heavy (non-hydrogen) atoms. The van der Waals surface area contributed by atoms with Crippen LogP contribution in [-0.4, -0.2) is 69.8 Å². The molecule has 186 valence electrons. The SMILES string of the molecule is NC(=O)C(CC(=O)O)NC(=O)C1=CC(NC(=O)Nc2ccc(OC(F)(F)F)cc2)C(O)C(O)C1. The Kier molecular flexibility index (Phi) is 8.42. The number of carboxylic acid groups (broad SMARTS) is 1. The van der Waals surface area contributed by atoms with Gasteiger partial charge in [0.05, 0.1) is 18.6 Å². The first kappa shape index (κ1) is 26.4. The van der Waals surface area contributed by atoms with E-state index in [1.54, 1.807) is 0 Å². The lowest BCUT2D eigenvalue weighted by Crippen LogP contribution is -2.53. The van der Waals surface area contributed by atoms with Gasteiger partial charge in [0.2, 0.25) is 11.8 Å². The summed E-state index contributed by atoms with van der Waals surface area (Å²) in [4.78, 5) is 46.8. The molecule has 4 unspecified atom stereocenters. The predicted octanol–water partition coefficient (Wildman–Crippen LogP) is -0.428. The van der Waals surface area contributed by atoms with Gasteiger partial charge in [0, 0.05) is 17.7 Å². The third-order valence-electron chi connectivity index (χ3n) is 4.53. The van der Waals surface area contributed by atoms with Crippen LogP contribution in [0.1, 0.15) is 12.8 Å². The minimum Gasteiger partial charge on any atom is -0.481 e. The van der Waals surface area contributed by atoms with Crippen molar-refractivity contribution in [1.29, 1.82) is 0 Å². The Labute approximate surface area is 189 Å². The number of rotatable bonds is 8. The highest BCUT2D eigenvalue weighted by molar-refractivity contribution is 5.98. The number of hydrogen-bond donors (Lipinski definition) is 7. The molecule has 8 N–H and O–H groups in total. The maximum Gasteiger partial charge on any atom is 0.573 e. The number of aliphatic hydroxyl groups is 2. The molecule has 0 bridgehead atoms. The number of primary amides is 1. The fourth-order valence-electron chi connectivity index (χ4n) is 2.97. The second kappa shape index (κ2) is 10.8. The van der Waals surface area contributed by atoms with Crippen LogP contribution in [0.3, 0.4) is 0 Å².